The summed E-state index contributed by atoms with van der Waals surface area (Å²) in [4.78, 5) is 10.3. The number of nitriles is 2. The summed E-state index contributed by atoms with van der Waals surface area (Å²) in [5.74, 6) is 0. The highest BCUT2D eigenvalue weighted by Crippen LogP contribution is 2.27. The number of aryl methyl sites for hydroxylation is 1. The lowest BCUT2D eigenvalue weighted by Crippen LogP contribution is -1.97. The van der Waals surface area contributed by atoms with Crippen molar-refractivity contribution >= 4 is 17.1 Å². The summed E-state index contributed by atoms with van der Waals surface area (Å²) in [6.07, 6.45) is 0. The minimum absolute atomic E-state index is 0.00745. The van der Waals surface area contributed by atoms with Crippen LogP contribution in [0, 0.1) is 39.7 Å². The fourth-order valence-corrected chi connectivity index (χ4v) is 1.84. The fourth-order valence-electron chi connectivity index (χ4n) is 1.84. The van der Waals surface area contributed by atoms with Crippen LogP contribution in [0.1, 0.15) is 16.7 Å². The first-order valence-corrected chi connectivity index (χ1v) is 6.01. The van der Waals surface area contributed by atoms with E-state index in [-0.39, 0.29) is 11.3 Å². The number of nitrogens with zero attached hydrogens (tertiary/aromatic N) is 3. The topological polar surface area (TPSA) is 103 Å². The number of nitro benzene ring substituents is 1. The predicted molar refractivity (Wildman–Crippen MR) is 77.0 cm³/mol. The third-order valence-electron chi connectivity index (χ3n) is 2.96. The van der Waals surface area contributed by atoms with E-state index in [2.05, 4.69) is 5.32 Å². The van der Waals surface area contributed by atoms with E-state index in [0.717, 1.165) is 5.56 Å². The van der Waals surface area contributed by atoms with E-state index in [1.165, 1.54) is 12.1 Å². The van der Waals surface area contributed by atoms with Gasteiger partial charge in [-0.05, 0) is 36.8 Å². The number of nitro groups is 1. The van der Waals surface area contributed by atoms with Crippen LogP contribution in [0.4, 0.5) is 17.1 Å². The van der Waals surface area contributed by atoms with Gasteiger partial charge in [-0.25, -0.2) is 0 Å². The van der Waals surface area contributed by atoms with Crippen molar-refractivity contribution in [3.63, 3.8) is 0 Å². The first-order valence-electron chi connectivity index (χ1n) is 6.01. The third-order valence-corrected chi connectivity index (χ3v) is 2.96. The smallest absolute Gasteiger partial charge is 0.289 e. The molecule has 2 rings (SSSR count). The molecule has 0 amide bonds. The number of benzene rings is 2. The lowest BCUT2D eigenvalue weighted by Gasteiger charge is -2.10. The van der Waals surface area contributed by atoms with Crippen LogP contribution in [-0.2, 0) is 0 Å². The second kappa shape index (κ2) is 5.72. The van der Waals surface area contributed by atoms with E-state index in [1.807, 2.05) is 13.0 Å². The number of rotatable bonds is 3. The maximum atomic E-state index is 10.9. The SMILES string of the molecule is Cc1ccc(C#N)cc1Nc1ccc(C#N)c([N+](=O)[O-])c1. The van der Waals surface area contributed by atoms with Gasteiger partial charge in [0.25, 0.3) is 5.69 Å². The number of hydrogen-bond acceptors (Lipinski definition) is 5. The molecule has 21 heavy (non-hydrogen) atoms. The molecular formula is C15H10N4O2. The van der Waals surface area contributed by atoms with E-state index < -0.39 is 4.92 Å². The lowest BCUT2D eigenvalue weighted by atomic mass is 10.1. The Hall–Kier alpha value is -3.38. The third kappa shape index (κ3) is 2.96. The van der Waals surface area contributed by atoms with Crippen LogP contribution in [0.2, 0.25) is 0 Å². The van der Waals surface area contributed by atoms with Crippen LogP contribution in [0.25, 0.3) is 0 Å². The molecule has 6 nitrogen and oxygen atoms in total. The Kier molecular flexibility index (Phi) is 3.83. The number of nitrogens with one attached hydrogen (secondary N) is 1. The fraction of sp³-hybridized carbons (Fsp3) is 0.0667. The summed E-state index contributed by atoms with van der Waals surface area (Å²) in [5.41, 5.74) is 2.32. The highest BCUT2D eigenvalue weighted by Gasteiger charge is 2.14. The van der Waals surface area contributed by atoms with Crippen molar-refractivity contribution in [2.24, 2.45) is 0 Å². The highest BCUT2D eigenvalue weighted by molar-refractivity contribution is 5.68. The number of anilines is 2. The molecule has 0 bridgehead atoms. The van der Waals surface area contributed by atoms with Gasteiger partial charge in [-0.1, -0.05) is 6.07 Å². The summed E-state index contributed by atoms with van der Waals surface area (Å²) in [7, 11) is 0. The van der Waals surface area contributed by atoms with Gasteiger partial charge in [-0.15, -0.1) is 0 Å². The standard InChI is InChI=1S/C15H10N4O2/c1-10-2-3-11(8-16)6-14(10)18-13-5-4-12(9-17)15(7-13)19(20)21/h2-7,18H,1H3. The summed E-state index contributed by atoms with van der Waals surface area (Å²) in [5, 5.41) is 31.7. The van der Waals surface area contributed by atoms with Crippen LogP contribution in [0.15, 0.2) is 36.4 Å². The van der Waals surface area contributed by atoms with Gasteiger partial charge in [0.1, 0.15) is 11.6 Å². The molecule has 0 aliphatic rings. The lowest BCUT2D eigenvalue weighted by molar-refractivity contribution is -0.385. The Bertz CT molecular complexity index is 800. The summed E-state index contributed by atoms with van der Waals surface area (Å²) in [6.45, 7) is 1.86. The molecule has 0 heterocycles. The van der Waals surface area contributed by atoms with Crippen LogP contribution >= 0.6 is 0 Å². The van der Waals surface area contributed by atoms with E-state index in [4.69, 9.17) is 10.5 Å². The van der Waals surface area contributed by atoms with Gasteiger partial charge in [0.2, 0.25) is 0 Å². The second-order valence-electron chi connectivity index (χ2n) is 4.37. The maximum Gasteiger partial charge on any atom is 0.289 e. The molecule has 0 radical (unpaired) electrons. The quantitative estimate of drug-likeness (QED) is 0.684. The molecule has 0 saturated carbocycles. The molecule has 1 N–H and O–H groups in total. The number of hydrogen-bond donors (Lipinski definition) is 1. The Morgan fingerprint density at radius 1 is 1.14 bits per heavy atom. The van der Waals surface area contributed by atoms with Gasteiger partial charge >= 0.3 is 0 Å². The summed E-state index contributed by atoms with van der Waals surface area (Å²) >= 11 is 0. The van der Waals surface area contributed by atoms with Gasteiger partial charge in [-0.3, -0.25) is 10.1 Å². The average Bonchev–Trinajstić information content (AvgIpc) is 2.49. The monoisotopic (exact) mass is 278 g/mol. The van der Waals surface area contributed by atoms with Crippen LogP contribution in [-0.4, -0.2) is 4.92 Å². The van der Waals surface area contributed by atoms with Crippen molar-refractivity contribution in [3.05, 3.63) is 63.2 Å². The minimum Gasteiger partial charge on any atom is -0.355 e. The van der Waals surface area contributed by atoms with Gasteiger partial charge in [0, 0.05) is 17.4 Å². The molecule has 2 aromatic carbocycles. The Labute approximate surface area is 121 Å². The van der Waals surface area contributed by atoms with Gasteiger partial charge in [-0.2, -0.15) is 10.5 Å². The molecular weight excluding hydrogens is 268 g/mol. The summed E-state index contributed by atoms with van der Waals surface area (Å²) < 4.78 is 0. The van der Waals surface area contributed by atoms with E-state index in [0.29, 0.717) is 16.9 Å². The van der Waals surface area contributed by atoms with E-state index in [1.54, 1.807) is 30.3 Å². The van der Waals surface area contributed by atoms with Crippen molar-refractivity contribution in [3.8, 4) is 12.1 Å². The molecule has 6 heteroatoms. The molecule has 0 spiro atoms. The zero-order valence-electron chi connectivity index (χ0n) is 11.1. The molecule has 0 aromatic heterocycles. The molecule has 0 atom stereocenters. The molecule has 0 fully saturated rings. The van der Waals surface area contributed by atoms with Crippen molar-refractivity contribution in [1.82, 2.24) is 0 Å². The van der Waals surface area contributed by atoms with Crippen molar-refractivity contribution in [1.29, 1.82) is 10.5 Å². The van der Waals surface area contributed by atoms with Gasteiger partial charge < -0.3 is 5.32 Å². The van der Waals surface area contributed by atoms with Crippen molar-refractivity contribution in [2.75, 3.05) is 5.32 Å². The molecule has 0 aliphatic heterocycles. The molecule has 102 valence electrons. The normalized spacial score (nSPS) is 9.48. The van der Waals surface area contributed by atoms with Gasteiger partial charge in [0.15, 0.2) is 0 Å². The highest BCUT2D eigenvalue weighted by atomic mass is 16.6. The van der Waals surface area contributed by atoms with E-state index >= 15 is 0 Å². The minimum atomic E-state index is -0.595. The molecule has 0 unspecified atom stereocenters. The average molecular weight is 278 g/mol. The predicted octanol–water partition coefficient (Wildman–Crippen LogP) is 3.39. The zero-order valence-corrected chi connectivity index (χ0v) is 11.1. The zero-order chi connectivity index (χ0) is 15.4. The first-order chi connectivity index (χ1) is 10.0. The Morgan fingerprint density at radius 2 is 1.90 bits per heavy atom. The van der Waals surface area contributed by atoms with Crippen LogP contribution < -0.4 is 5.32 Å². The van der Waals surface area contributed by atoms with Crippen molar-refractivity contribution in [2.45, 2.75) is 6.92 Å². The summed E-state index contributed by atoms with van der Waals surface area (Å²) in [6, 6.07) is 13.3. The van der Waals surface area contributed by atoms with Crippen LogP contribution in [0.5, 0.6) is 0 Å². The van der Waals surface area contributed by atoms with Gasteiger partial charge in [0.05, 0.1) is 16.6 Å². The largest absolute Gasteiger partial charge is 0.355 e. The molecule has 2 aromatic rings. The molecule has 0 aliphatic carbocycles. The maximum absolute atomic E-state index is 10.9. The van der Waals surface area contributed by atoms with E-state index in [9.17, 15) is 10.1 Å². The van der Waals surface area contributed by atoms with Crippen LogP contribution in [0.3, 0.4) is 0 Å². The first kappa shape index (κ1) is 14.0. The second-order valence-corrected chi connectivity index (χ2v) is 4.37. The van der Waals surface area contributed by atoms with Crippen molar-refractivity contribution < 1.29 is 4.92 Å². The Morgan fingerprint density at radius 3 is 2.52 bits per heavy atom. The Balaban J connectivity index is 2.41. The molecule has 0 saturated heterocycles.